The fourth-order valence-electron chi connectivity index (χ4n) is 2.39. The second-order valence-electron chi connectivity index (χ2n) is 4.01. The zero-order valence-corrected chi connectivity index (χ0v) is 7.31. The van der Waals surface area contributed by atoms with E-state index in [1.54, 1.807) is 0 Å². The maximum absolute atomic E-state index is 12.3. The highest BCUT2D eigenvalue weighted by molar-refractivity contribution is 4.86. The molecule has 1 aliphatic heterocycles. The molecule has 0 aromatic carbocycles. The molecule has 1 aliphatic carbocycles. The summed E-state index contributed by atoms with van der Waals surface area (Å²) in [6.07, 6.45) is -2.00. The SMILES string of the molecule is FC(F)(F)[C@H]1CC[C@H]2CCO[C@@H]2C1. The third kappa shape index (κ3) is 1.82. The van der Waals surface area contributed by atoms with Crippen molar-refractivity contribution in [3.8, 4) is 0 Å². The third-order valence-electron chi connectivity index (χ3n) is 3.21. The standard InChI is InChI=1S/C9H13F3O/c10-9(11,12)7-2-1-6-3-4-13-8(6)5-7/h6-8H,1-5H2/t6-,7-,8+/m0/s1. The summed E-state index contributed by atoms with van der Waals surface area (Å²) < 4.78 is 42.3. The Morgan fingerprint density at radius 1 is 1.08 bits per heavy atom. The van der Waals surface area contributed by atoms with Gasteiger partial charge in [0.1, 0.15) is 0 Å². The van der Waals surface area contributed by atoms with Crippen molar-refractivity contribution >= 4 is 0 Å². The lowest BCUT2D eigenvalue weighted by atomic mass is 9.79. The largest absolute Gasteiger partial charge is 0.391 e. The van der Waals surface area contributed by atoms with Gasteiger partial charge in [0, 0.05) is 6.61 Å². The summed E-state index contributed by atoms with van der Waals surface area (Å²) >= 11 is 0. The molecule has 13 heavy (non-hydrogen) atoms. The second kappa shape index (κ2) is 3.15. The van der Waals surface area contributed by atoms with E-state index in [4.69, 9.17) is 4.74 Å². The highest BCUT2D eigenvalue weighted by Gasteiger charge is 2.46. The fourth-order valence-corrected chi connectivity index (χ4v) is 2.39. The number of fused-ring (bicyclic) bond motifs is 1. The maximum Gasteiger partial charge on any atom is 0.391 e. The Kier molecular flexibility index (Phi) is 2.26. The van der Waals surface area contributed by atoms with Crippen molar-refractivity contribution in [2.24, 2.45) is 11.8 Å². The van der Waals surface area contributed by atoms with Crippen molar-refractivity contribution in [3.63, 3.8) is 0 Å². The topological polar surface area (TPSA) is 9.23 Å². The molecule has 4 heteroatoms. The summed E-state index contributed by atoms with van der Waals surface area (Å²) in [4.78, 5) is 0. The molecule has 0 bridgehead atoms. The van der Waals surface area contributed by atoms with Crippen LogP contribution >= 0.6 is 0 Å². The second-order valence-corrected chi connectivity index (χ2v) is 4.01. The highest BCUT2D eigenvalue weighted by atomic mass is 19.4. The third-order valence-corrected chi connectivity index (χ3v) is 3.21. The molecule has 0 aromatic heterocycles. The number of hydrogen-bond donors (Lipinski definition) is 0. The first-order valence-electron chi connectivity index (χ1n) is 4.75. The van der Waals surface area contributed by atoms with Crippen LogP contribution in [0.2, 0.25) is 0 Å². The zero-order chi connectivity index (χ0) is 9.47. The van der Waals surface area contributed by atoms with Gasteiger partial charge in [0.15, 0.2) is 0 Å². The quantitative estimate of drug-likeness (QED) is 0.576. The Labute approximate surface area is 75.3 Å². The molecule has 2 rings (SSSR count). The van der Waals surface area contributed by atoms with E-state index in [0.717, 1.165) is 6.42 Å². The molecule has 0 unspecified atom stereocenters. The van der Waals surface area contributed by atoms with E-state index in [9.17, 15) is 13.2 Å². The number of ether oxygens (including phenoxy) is 1. The normalized spacial score (nSPS) is 40.4. The van der Waals surface area contributed by atoms with E-state index in [-0.39, 0.29) is 12.5 Å². The molecule has 2 aliphatic rings. The van der Waals surface area contributed by atoms with Crippen LogP contribution in [0, 0.1) is 11.8 Å². The minimum absolute atomic E-state index is 0.111. The van der Waals surface area contributed by atoms with Crippen LogP contribution < -0.4 is 0 Å². The molecule has 1 nitrogen and oxygen atoms in total. The van der Waals surface area contributed by atoms with Crippen LogP contribution in [0.15, 0.2) is 0 Å². The molecule has 0 amide bonds. The van der Waals surface area contributed by atoms with Gasteiger partial charge >= 0.3 is 6.18 Å². The maximum atomic E-state index is 12.3. The number of alkyl halides is 3. The molecule has 3 atom stereocenters. The molecule has 0 N–H and O–H groups in total. The van der Waals surface area contributed by atoms with E-state index < -0.39 is 12.1 Å². The predicted molar refractivity (Wildman–Crippen MR) is 41.2 cm³/mol. The van der Waals surface area contributed by atoms with Crippen molar-refractivity contribution in [1.29, 1.82) is 0 Å². The average molecular weight is 194 g/mol. The van der Waals surface area contributed by atoms with E-state index in [0.29, 0.717) is 25.4 Å². The van der Waals surface area contributed by atoms with Crippen LogP contribution in [-0.2, 0) is 4.74 Å². The highest BCUT2D eigenvalue weighted by Crippen LogP contribution is 2.43. The molecular formula is C9H13F3O. The summed E-state index contributed by atoms with van der Waals surface area (Å²) in [6.45, 7) is 0.653. The van der Waals surface area contributed by atoms with Gasteiger partial charge in [-0.1, -0.05) is 0 Å². The van der Waals surface area contributed by atoms with Crippen molar-refractivity contribution < 1.29 is 17.9 Å². The summed E-state index contributed by atoms with van der Waals surface area (Å²) in [5, 5.41) is 0. The predicted octanol–water partition coefficient (Wildman–Crippen LogP) is 2.75. The van der Waals surface area contributed by atoms with Gasteiger partial charge in [-0.05, 0) is 31.6 Å². The molecule has 1 heterocycles. The number of rotatable bonds is 0. The van der Waals surface area contributed by atoms with Gasteiger partial charge in [0.05, 0.1) is 12.0 Å². The van der Waals surface area contributed by atoms with Gasteiger partial charge in [0.2, 0.25) is 0 Å². The molecule has 0 radical (unpaired) electrons. The zero-order valence-electron chi connectivity index (χ0n) is 7.31. The fraction of sp³-hybridized carbons (Fsp3) is 1.00. The van der Waals surface area contributed by atoms with Gasteiger partial charge in [-0.15, -0.1) is 0 Å². The number of halogens is 3. The molecule has 76 valence electrons. The first kappa shape index (κ1) is 9.31. The van der Waals surface area contributed by atoms with Crippen LogP contribution in [-0.4, -0.2) is 18.9 Å². The lowest BCUT2D eigenvalue weighted by Crippen LogP contribution is -2.34. The van der Waals surface area contributed by atoms with Crippen LogP contribution in [0.4, 0.5) is 13.2 Å². The van der Waals surface area contributed by atoms with E-state index in [2.05, 4.69) is 0 Å². The van der Waals surface area contributed by atoms with Crippen LogP contribution in [0.3, 0.4) is 0 Å². The van der Waals surface area contributed by atoms with Gasteiger partial charge < -0.3 is 4.74 Å². The smallest absolute Gasteiger partial charge is 0.378 e. The van der Waals surface area contributed by atoms with Crippen LogP contribution in [0.5, 0.6) is 0 Å². The van der Waals surface area contributed by atoms with Gasteiger partial charge in [-0.25, -0.2) is 0 Å². The van der Waals surface area contributed by atoms with Gasteiger partial charge in [-0.3, -0.25) is 0 Å². The average Bonchev–Trinajstić information content (AvgIpc) is 2.47. The molecule has 2 fully saturated rings. The summed E-state index contributed by atoms with van der Waals surface area (Å²) in [5.41, 5.74) is 0. The molecule has 1 saturated heterocycles. The van der Waals surface area contributed by atoms with Crippen molar-refractivity contribution in [2.75, 3.05) is 6.61 Å². The summed E-state index contributed by atoms with van der Waals surface area (Å²) in [7, 11) is 0. The minimum atomic E-state index is -4.02. The summed E-state index contributed by atoms with van der Waals surface area (Å²) in [6, 6.07) is 0. The first-order chi connectivity index (χ1) is 6.07. The van der Waals surface area contributed by atoms with Crippen molar-refractivity contribution in [1.82, 2.24) is 0 Å². The Bertz CT molecular complexity index is 190. The number of hydrogen-bond acceptors (Lipinski definition) is 1. The lowest BCUT2D eigenvalue weighted by Gasteiger charge is -2.31. The Morgan fingerprint density at radius 3 is 2.54 bits per heavy atom. The summed E-state index contributed by atoms with van der Waals surface area (Å²) in [5.74, 6) is -0.717. The Hall–Kier alpha value is -0.250. The van der Waals surface area contributed by atoms with Crippen LogP contribution in [0.25, 0.3) is 0 Å². The Balaban J connectivity index is 1.97. The van der Waals surface area contributed by atoms with Gasteiger partial charge in [-0.2, -0.15) is 13.2 Å². The van der Waals surface area contributed by atoms with Gasteiger partial charge in [0.25, 0.3) is 0 Å². The lowest BCUT2D eigenvalue weighted by molar-refractivity contribution is -0.192. The van der Waals surface area contributed by atoms with Crippen molar-refractivity contribution in [2.45, 2.75) is 38.0 Å². The molecule has 0 aromatic rings. The first-order valence-corrected chi connectivity index (χ1v) is 4.75. The van der Waals surface area contributed by atoms with E-state index in [1.165, 1.54) is 0 Å². The molecule has 1 saturated carbocycles. The minimum Gasteiger partial charge on any atom is -0.378 e. The van der Waals surface area contributed by atoms with E-state index in [1.807, 2.05) is 0 Å². The van der Waals surface area contributed by atoms with E-state index >= 15 is 0 Å². The Morgan fingerprint density at radius 2 is 1.85 bits per heavy atom. The van der Waals surface area contributed by atoms with Crippen LogP contribution in [0.1, 0.15) is 25.7 Å². The monoisotopic (exact) mass is 194 g/mol. The molecular weight excluding hydrogens is 181 g/mol. The van der Waals surface area contributed by atoms with Crippen molar-refractivity contribution in [3.05, 3.63) is 0 Å². The molecule has 0 spiro atoms.